The van der Waals surface area contributed by atoms with Gasteiger partial charge in [0.2, 0.25) is 0 Å². The Morgan fingerprint density at radius 2 is 2.35 bits per heavy atom. The molecule has 2 amide bonds. The lowest BCUT2D eigenvalue weighted by atomic mass is 10.1. The van der Waals surface area contributed by atoms with Gasteiger partial charge in [0, 0.05) is 13.6 Å². The molecule has 2 heterocycles. The molecule has 1 aliphatic rings. The minimum Gasteiger partial charge on any atom is -0.331 e. The molecule has 3 rings (SSSR count). The van der Waals surface area contributed by atoms with Crippen LogP contribution in [0.25, 0.3) is 11.0 Å². The van der Waals surface area contributed by atoms with Crippen LogP contribution in [0, 0.1) is 18.3 Å². The van der Waals surface area contributed by atoms with E-state index in [2.05, 4.69) is 10.3 Å². The predicted octanol–water partition coefficient (Wildman–Crippen LogP) is 1.47. The summed E-state index contributed by atoms with van der Waals surface area (Å²) in [4.78, 5) is 17.7. The number of benzene rings is 1. The van der Waals surface area contributed by atoms with E-state index >= 15 is 0 Å². The molecule has 0 radical (unpaired) electrons. The minimum absolute atomic E-state index is 0.0810. The Morgan fingerprint density at radius 1 is 1.55 bits per heavy atom. The van der Waals surface area contributed by atoms with Gasteiger partial charge in [-0.25, -0.2) is 9.78 Å². The monoisotopic (exact) mass is 269 g/mol. The van der Waals surface area contributed by atoms with E-state index in [1.807, 2.05) is 42.8 Å². The first-order valence-corrected chi connectivity index (χ1v) is 6.45. The zero-order valence-electron chi connectivity index (χ0n) is 11.4. The molecule has 20 heavy (non-hydrogen) atoms. The fourth-order valence-corrected chi connectivity index (χ4v) is 2.55. The van der Waals surface area contributed by atoms with E-state index in [0.717, 1.165) is 22.4 Å². The summed E-state index contributed by atoms with van der Waals surface area (Å²) in [6.45, 7) is 2.60. The maximum absolute atomic E-state index is 11.7. The predicted molar refractivity (Wildman–Crippen MR) is 73.9 cm³/mol. The van der Waals surface area contributed by atoms with Gasteiger partial charge in [0.25, 0.3) is 0 Å². The molecule has 1 aliphatic heterocycles. The molecule has 6 nitrogen and oxygen atoms in total. The van der Waals surface area contributed by atoms with Crippen LogP contribution in [0.2, 0.25) is 0 Å². The number of hydrogen-bond acceptors (Lipinski definition) is 3. The van der Waals surface area contributed by atoms with E-state index in [9.17, 15) is 4.79 Å². The number of rotatable bonds is 2. The average molecular weight is 269 g/mol. The molecule has 0 bridgehead atoms. The van der Waals surface area contributed by atoms with Crippen molar-refractivity contribution in [2.75, 3.05) is 13.1 Å². The number of urea groups is 1. The number of amides is 2. The maximum Gasteiger partial charge on any atom is 0.318 e. The van der Waals surface area contributed by atoms with Crippen LogP contribution in [-0.4, -0.2) is 33.6 Å². The number of hydrogen-bond donors (Lipinski definition) is 1. The van der Waals surface area contributed by atoms with Crippen LogP contribution >= 0.6 is 0 Å². The number of imidazole rings is 1. The fraction of sp³-hybridized carbons (Fsp3) is 0.357. The third-order valence-electron chi connectivity index (χ3n) is 3.78. The standard InChI is InChI=1S/C14H15N5O/c1-9-16-11-7-10(3-4-13(11)18(9)2)12-8-19(6-5-15)14(20)17-12/h3-4,7,12H,6,8H2,1-2H3,(H,17,20). The molecule has 1 saturated heterocycles. The van der Waals surface area contributed by atoms with Crippen LogP contribution in [0.3, 0.4) is 0 Å². The Kier molecular flexibility index (Phi) is 2.83. The number of fused-ring (bicyclic) bond motifs is 1. The highest BCUT2D eigenvalue weighted by Crippen LogP contribution is 2.24. The largest absolute Gasteiger partial charge is 0.331 e. The second-order valence-corrected chi connectivity index (χ2v) is 5.01. The molecule has 1 aromatic heterocycles. The second-order valence-electron chi connectivity index (χ2n) is 5.01. The normalized spacial score (nSPS) is 18.4. The van der Waals surface area contributed by atoms with E-state index in [-0.39, 0.29) is 18.6 Å². The van der Waals surface area contributed by atoms with E-state index in [4.69, 9.17) is 5.26 Å². The van der Waals surface area contributed by atoms with Crippen molar-refractivity contribution in [3.05, 3.63) is 29.6 Å². The van der Waals surface area contributed by atoms with Crippen molar-refractivity contribution in [3.63, 3.8) is 0 Å². The number of aryl methyl sites for hydroxylation is 2. The third kappa shape index (κ3) is 1.88. The summed E-state index contributed by atoms with van der Waals surface area (Å²) in [5.41, 5.74) is 3.02. The molecule has 2 aromatic rings. The smallest absolute Gasteiger partial charge is 0.318 e. The first kappa shape index (κ1) is 12.5. The summed E-state index contributed by atoms with van der Waals surface area (Å²) in [7, 11) is 1.98. The van der Waals surface area contributed by atoms with Crippen LogP contribution in [-0.2, 0) is 7.05 Å². The zero-order valence-corrected chi connectivity index (χ0v) is 11.4. The molecule has 1 aromatic carbocycles. The van der Waals surface area contributed by atoms with Crippen molar-refractivity contribution < 1.29 is 4.79 Å². The lowest BCUT2D eigenvalue weighted by molar-refractivity contribution is 0.222. The molecule has 102 valence electrons. The summed E-state index contributed by atoms with van der Waals surface area (Å²) in [6.07, 6.45) is 0. The van der Waals surface area contributed by atoms with Crippen molar-refractivity contribution in [1.82, 2.24) is 19.8 Å². The van der Waals surface area contributed by atoms with Crippen LogP contribution in [0.1, 0.15) is 17.4 Å². The SMILES string of the molecule is Cc1nc2cc(C3CN(CC#N)C(=O)N3)ccc2n1C. The van der Waals surface area contributed by atoms with E-state index in [1.165, 1.54) is 4.90 Å². The second kappa shape index (κ2) is 4.53. The number of nitriles is 1. The zero-order chi connectivity index (χ0) is 14.3. The molecule has 1 N–H and O–H groups in total. The summed E-state index contributed by atoms with van der Waals surface area (Å²) in [6, 6.07) is 7.76. The molecule has 1 unspecified atom stereocenters. The molecule has 0 saturated carbocycles. The van der Waals surface area contributed by atoms with Gasteiger partial charge in [-0.1, -0.05) is 6.07 Å². The lowest BCUT2D eigenvalue weighted by Crippen LogP contribution is -2.28. The highest BCUT2D eigenvalue weighted by molar-refractivity contribution is 5.79. The molecule has 1 fully saturated rings. The van der Waals surface area contributed by atoms with Gasteiger partial charge in [0.1, 0.15) is 12.4 Å². The molecule has 0 spiro atoms. The van der Waals surface area contributed by atoms with Gasteiger partial charge in [-0.2, -0.15) is 5.26 Å². The van der Waals surface area contributed by atoms with Gasteiger partial charge in [0.05, 0.1) is 23.1 Å². The third-order valence-corrected chi connectivity index (χ3v) is 3.78. The molecular formula is C14H15N5O. The average Bonchev–Trinajstić information content (AvgIpc) is 2.92. The van der Waals surface area contributed by atoms with Crippen LogP contribution in [0.5, 0.6) is 0 Å². The number of carbonyl (C=O) groups is 1. The Morgan fingerprint density at radius 3 is 3.10 bits per heavy atom. The highest BCUT2D eigenvalue weighted by atomic mass is 16.2. The van der Waals surface area contributed by atoms with Gasteiger partial charge in [-0.15, -0.1) is 0 Å². The van der Waals surface area contributed by atoms with Gasteiger partial charge < -0.3 is 14.8 Å². The fourth-order valence-electron chi connectivity index (χ4n) is 2.55. The van der Waals surface area contributed by atoms with Crippen LogP contribution in [0.15, 0.2) is 18.2 Å². The minimum atomic E-state index is -0.186. The van der Waals surface area contributed by atoms with Crippen molar-refractivity contribution in [1.29, 1.82) is 5.26 Å². The summed E-state index contributed by atoms with van der Waals surface area (Å²) in [5, 5.41) is 11.6. The van der Waals surface area contributed by atoms with Crippen molar-refractivity contribution in [2.45, 2.75) is 13.0 Å². The first-order chi connectivity index (χ1) is 9.60. The Labute approximate surface area is 116 Å². The summed E-state index contributed by atoms with van der Waals surface area (Å²) < 4.78 is 2.04. The Balaban J connectivity index is 1.92. The molecule has 0 aliphatic carbocycles. The molecular weight excluding hydrogens is 254 g/mol. The van der Waals surface area contributed by atoms with Crippen molar-refractivity contribution in [2.24, 2.45) is 7.05 Å². The van der Waals surface area contributed by atoms with Gasteiger partial charge >= 0.3 is 6.03 Å². The molecule has 1 atom stereocenters. The Bertz CT molecular complexity index is 727. The highest BCUT2D eigenvalue weighted by Gasteiger charge is 2.29. The maximum atomic E-state index is 11.7. The van der Waals surface area contributed by atoms with Crippen LogP contribution in [0.4, 0.5) is 4.79 Å². The van der Waals surface area contributed by atoms with Crippen molar-refractivity contribution in [3.8, 4) is 6.07 Å². The summed E-state index contributed by atoms with van der Waals surface area (Å²) in [5.74, 6) is 0.957. The quantitative estimate of drug-likeness (QED) is 0.839. The van der Waals surface area contributed by atoms with E-state index in [0.29, 0.717) is 6.54 Å². The number of aromatic nitrogens is 2. The van der Waals surface area contributed by atoms with Gasteiger partial charge in [-0.05, 0) is 24.6 Å². The molecule has 6 heteroatoms. The number of nitrogens with one attached hydrogen (secondary N) is 1. The van der Waals surface area contributed by atoms with E-state index < -0.39 is 0 Å². The number of nitrogens with zero attached hydrogens (tertiary/aromatic N) is 4. The van der Waals surface area contributed by atoms with Gasteiger partial charge in [0.15, 0.2) is 0 Å². The summed E-state index contributed by atoms with van der Waals surface area (Å²) >= 11 is 0. The lowest BCUT2D eigenvalue weighted by Gasteiger charge is -2.10. The Hall–Kier alpha value is -2.55. The van der Waals surface area contributed by atoms with Crippen LogP contribution < -0.4 is 5.32 Å². The van der Waals surface area contributed by atoms with E-state index in [1.54, 1.807) is 0 Å². The first-order valence-electron chi connectivity index (χ1n) is 6.45. The van der Waals surface area contributed by atoms with Crippen molar-refractivity contribution >= 4 is 17.1 Å². The van der Waals surface area contributed by atoms with Gasteiger partial charge in [-0.3, -0.25) is 0 Å². The number of carbonyl (C=O) groups excluding carboxylic acids is 1. The topological polar surface area (TPSA) is 73.9 Å².